The van der Waals surface area contributed by atoms with Gasteiger partial charge >= 0.3 is 0 Å². The molecule has 0 aromatic heterocycles. The van der Waals surface area contributed by atoms with E-state index in [0.717, 1.165) is 12.6 Å². The van der Waals surface area contributed by atoms with Crippen molar-refractivity contribution in [3.05, 3.63) is 12.2 Å². The number of nitrogens with zero attached hydrogens (tertiary/aromatic N) is 1. The third kappa shape index (κ3) is 3.04. The summed E-state index contributed by atoms with van der Waals surface area (Å²) in [7, 11) is 0. The third-order valence-electron chi connectivity index (χ3n) is 2.11. The minimum absolute atomic E-state index is 0.669. The van der Waals surface area contributed by atoms with Gasteiger partial charge in [0.2, 0.25) is 0 Å². The molecule has 2 heteroatoms. The molecule has 0 bridgehead atoms. The number of likely N-dealkylation sites (N-methyl/N-ethyl adjacent to an activating group) is 1. The predicted octanol–water partition coefficient (Wildman–Crippen LogP) is 0.986. The molecule has 64 valence electrons. The Morgan fingerprint density at radius 2 is 2.18 bits per heavy atom. The lowest BCUT2D eigenvalue weighted by atomic mass is 10.4. The van der Waals surface area contributed by atoms with Gasteiger partial charge < -0.3 is 5.73 Å². The molecule has 1 rings (SSSR count). The molecular weight excluding hydrogens is 136 g/mol. The highest BCUT2D eigenvalue weighted by molar-refractivity contribution is 4.91. The summed E-state index contributed by atoms with van der Waals surface area (Å²) in [6.45, 7) is 5.13. The van der Waals surface area contributed by atoms with Crippen LogP contribution in [0.15, 0.2) is 12.2 Å². The van der Waals surface area contributed by atoms with Crippen molar-refractivity contribution in [1.29, 1.82) is 0 Å². The van der Waals surface area contributed by atoms with Gasteiger partial charge in [0.1, 0.15) is 0 Å². The number of hydrogen-bond acceptors (Lipinski definition) is 2. The number of hydrogen-bond donors (Lipinski definition) is 1. The van der Waals surface area contributed by atoms with E-state index in [2.05, 4.69) is 17.9 Å². The minimum atomic E-state index is 0.669. The zero-order valence-corrected chi connectivity index (χ0v) is 7.29. The zero-order chi connectivity index (χ0) is 8.10. The molecule has 0 saturated heterocycles. The Morgan fingerprint density at radius 1 is 1.45 bits per heavy atom. The van der Waals surface area contributed by atoms with Crippen LogP contribution in [0.4, 0.5) is 0 Å². The summed E-state index contributed by atoms with van der Waals surface area (Å²) in [5.41, 5.74) is 5.34. The molecule has 2 nitrogen and oxygen atoms in total. The molecule has 0 aliphatic heterocycles. The van der Waals surface area contributed by atoms with Gasteiger partial charge in [-0.2, -0.15) is 0 Å². The van der Waals surface area contributed by atoms with Crippen LogP contribution in [0, 0.1) is 0 Å². The first kappa shape index (κ1) is 8.75. The summed E-state index contributed by atoms with van der Waals surface area (Å²) in [6, 6.07) is 0.877. The average molecular weight is 154 g/mol. The monoisotopic (exact) mass is 154 g/mol. The van der Waals surface area contributed by atoms with Crippen molar-refractivity contribution in [3.8, 4) is 0 Å². The van der Waals surface area contributed by atoms with Crippen molar-refractivity contribution in [2.45, 2.75) is 25.8 Å². The Bertz CT molecular complexity index is 128. The van der Waals surface area contributed by atoms with E-state index in [9.17, 15) is 0 Å². The summed E-state index contributed by atoms with van der Waals surface area (Å²) < 4.78 is 0. The van der Waals surface area contributed by atoms with Crippen molar-refractivity contribution in [1.82, 2.24) is 4.90 Å². The fraction of sp³-hybridized carbons (Fsp3) is 0.778. The van der Waals surface area contributed by atoms with E-state index in [1.807, 2.05) is 6.08 Å². The van der Waals surface area contributed by atoms with Crippen LogP contribution in [0.1, 0.15) is 19.8 Å². The second-order valence-electron chi connectivity index (χ2n) is 3.03. The molecular formula is C9H18N2. The summed E-state index contributed by atoms with van der Waals surface area (Å²) >= 11 is 0. The van der Waals surface area contributed by atoms with Crippen LogP contribution < -0.4 is 5.73 Å². The molecule has 0 radical (unpaired) electrons. The van der Waals surface area contributed by atoms with Crippen molar-refractivity contribution >= 4 is 0 Å². The topological polar surface area (TPSA) is 29.3 Å². The minimum Gasteiger partial charge on any atom is -0.327 e. The first-order valence-electron chi connectivity index (χ1n) is 4.47. The van der Waals surface area contributed by atoms with Gasteiger partial charge in [-0.1, -0.05) is 19.1 Å². The molecule has 2 N–H and O–H groups in total. The van der Waals surface area contributed by atoms with Gasteiger partial charge in [0.25, 0.3) is 0 Å². The lowest BCUT2D eigenvalue weighted by Gasteiger charge is -2.16. The molecule has 1 aliphatic carbocycles. The SMILES string of the molecule is CCN(CC=CCN)C1CC1. The predicted molar refractivity (Wildman–Crippen MR) is 48.5 cm³/mol. The van der Waals surface area contributed by atoms with Gasteiger partial charge in [-0.25, -0.2) is 0 Å². The van der Waals surface area contributed by atoms with Gasteiger partial charge in [0.05, 0.1) is 0 Å². The van der Waals surface area contributed by atoms with E-state index in [4.69, 9.17) is 5.73 Å². The lowest BCUT2D eigenvalue weighted by molar-refractivity contribution is 0.308. The van der Waals surface area contributed by atoms with Crippen LogP contribution in [0.3, 0.4) is 0 Å². The molecule has 1 aliphatic rings. The molecule has 1 saturated carbocycles. The second kappa shape index (κ2) is 4.52. The molecule has 11 heavy (non-hydrogen) atoms. The highest BCUT2D eigenvalue weighted by Crippen LogP contribution is 2.25. The fourth-order valence-electron chi connectivity index (χ4n) is 1.28. The van der Waals surface area contributed by atoms with Gasteiger partial charge in [-0.15, -0.1) is 0 Å². The fourth-order valence-corrected chi connectivity index (χ4v) is 1.28. The molecule has 0 heterocycles. The summed E-state index contributed by atoms with van der Waals surface area (Å²) in [4.78, 5) is 2.49. The van der Waals surface area contributed by atoms with Crippen molar-refractivity contribution in [3.63, 3.8) is 0 Å². The van der Waals surface area contributed by atoms with Crippen LogP contribution in [0.25, 0.3) is 0 Å². The first-order chi connectivity index (χ1) is 5.38. The highest BCUT2D eigenvalue weighted by Gasteiger charge is 2.26. The molecule has 0 spiro atoms. The van der Waals surface area contributed by atoms with E-state index in [1.54, 1.807) is 0 Å². The van der Waals surface area contributed by atoms with E-state index >= 15 is 0 Å². The summed E-state index contributed by atoms with van der Waals surface area (Å²) in [5.74, 6) is 0. The Hall–Kier alpha value is -0.340. The van der Waals surface area contributed by atoms with Crippen LogP contribution in [0.5, 0.6) is 0 Å². The molecule has 0 aromatic carbocycles. The first-order valence-corrected chi connectivity index (χ1v) is 4.47. The highest BCUT2D eigenvalue weighted by atomic mass is 15.2. The smallest absolute Gasteiger partial charge is 0.0166 e. The second-order valence-corrected chi connectivity index (χ2v) is 3.03. The summed E-state index contributed by atoms with van der Waals surface area (Å²) in [5, 5.41) is 0. The zero-order valence-electron chi connectivity index (χ0n) is 7.29. The van der Waals surface area contributed by atoms with E-state index in [1.165, 1.54) is 19.4 Å². The number of rotatable bonds is 5. The van der Waals surface area contributed by atoms with Crippen molar-refractivity contribution in [2.24, 2.45) is 5.73 Å². The van der Waals surface area contributed by atoms with Crippen molar-refractivity contribution < 1.29 is 0 Å². The van der Waals surface area contributed by atoms with Gasteiger partial charge in [-0.05, 0) is 19.4 Å². The van der Waals surface area contributed by atoms with Gasteiger partial charge in [0, 0.05) is 19.1 Å². The Labute approximate surface area is 69.1 Å². The Kier molecular flexibility index (Phi) is 3.60. The van der Waals surface area contributed by atoms with E-state index in [-0.39, 0.29) is 0 Å². The third-order valence-corrected chi connectivity index (χ3v) is 2.11. The van der Waals surface area contributed by atoms with Gasteiger partial charge in [0.15, 0.2) is 0 Å². The van der Waals surface area contributed by atoms with Gasteiger partial charge in [-0.3, -0.25) is 4.90 Å². The maximum atomic E-state index is 5.34. The largest absolute Gasteiger partial charge is 0.327 e. The molecule has 1 fully saturated rings. The Balaban J connectivity index is 2.15. The standard InChI is InChI=1S/C9H18N2/c1-2-11(9-5-6-9)8-4-3-7-10/h3-4,9H,2,5-8,10H2,1H3. The molecule has 0 amide bonds. The lowest BCUT2D eigenvalue weighted by Crippen LogP contribution is -2.25. The van der Waals surface area contributed by atoms with Crippen LogP contribution in [0.2, 0.25) is 0 Å². The van der Waals surface area contributed by atoms with E-state index in [0.29, 0.717) is 6.54 Å². The van der Waals surface area contributed by atoms with Crippen LogP contribution >= 0.6 is 0 Å². The van der Waals surface area contributed by atoms with Crippen LogP contribution in [-0.4, -0.2) is 30.6 Å². The maximum Gasteiger partial charge on any atom is 0.0166 e. The van der Waals surface area contributed by atoms with Crippen LogP contribution in [-0.2, 0) is 0 Å². The normalized spacial score (nSPS) is 18.5. The average Bonchev–Trinajstić information content (AvgIpc) is 2.81. The van der Waals surface area contributed by atoms with Crippen molar-refractivity contribution in [2.75, 3.05) is 19.6 Å². The van der Waals surface area contributed by atoms with E-state index < -0.39 is 0 Å². The summed E-state index contributed by atoms with van der Waals surface area (Å²) in [6.07, 6.45) is 6.99. The molecule has 0 unspecified atom stereocenters. The number of nitrogens with two attached hydrogens (primary N) is 1. The Morgan fingerprint density at radius 3 is 2.64 bits per heavy atom. The molecule has 0 aromatic rings. The quantitative estimate of drug-likeness (QED) is 0.598. The maximum absolute atomic E-state index is 5.34. The molecule has 0 atom stereocenters.